The monoisotopic (exact) mass is 369 g/mol. The van der Waals surface area contributed by atoms with E-state index in [1.54, 1.807) is 18.5 Å². The highest BCUT2D eigenvalue weighted by atomic mass is 19.1. The molecule has 5 nitrogen and oxygen atoms in total. The molecular weight excluding hydrogens is 345 g/mol. The first-order valence-corrected chi connectivity index (χ1v) is 9.69. The highest BCUT2D eigenvalue weighted by Crippen LogP contribution is 2.31. The number of carbonyl (C=O) groups is 1. The number of benzene rings is 1. The zero-order valence-corrected chi connectivity index (χ0v) is 15.3. The van der Waals surface area contributed by atoms with Crippen LogP contribution in [0.15, 0.2) is 36.7 Å². The van der Waals surface area contributed by atoms with Gasteiger partial charge in [-0.25, -0.2) is 4.39 Å². The van der Waals surface area contributed by atoms with Gasteiger partial charge in [0.05, 0.1) is 24.5 Å². The Labute approximate surface area is 158 Å². The Morgan fingerprint density at radius 2 is 1.96 bits per heavy atom. The summed E-state index contributed by atoms with van der Waals surface area (Å²) in [5.74, 6) is 0.0593. The second kappa shape index (κ2) is 8.13. The minimum Gasteiger partial charge on any atom is -0.368 e. The first kappa shape index (κ1) is 18.0. The summed E-state index contributed by atoms with van der Waals surface area (Å²) in [6.07, 6.45) is 8.34. The molecule has 0 N–H and O–H groups in total. The molecule has 1 aromatic carbocycles. The summed E-state index contributed by atoms with van der Waals surface area (Å²) in [7, 11) is 0. The minimum absolute atomic E-state index is 0.141. The number of aromatic nitrogens is 2. The molecule has 2 heterocycles. The second-order valence-electron chi connectivity index (χ2n) is 7.28. The van der Waals surface area contributed by atoms with Crippen LogP contribution in [0, 0.1) is 11.7 Å². The van der Waals surface area contributed by atoms with Crippen molar-refractivity contribution in [3.63, 3.8) is 0 Å². The van der Waals surface area contributed by atoms with Gasteiger partial charge < -0.3 is 9.64 Å². The van der Waals surface area contributed by atoms with E-state index in [2.05, 4.69) is 9.97 Å². The summed E-state index contributed by atoms with van der Waals surface area (Å²) in [6.45, 7) is 1.56. The summed E-state index contributed by atoms with van der Waals surface area (Å²) >= 11 is 0. The molecule has 2 aromatic rings. The molecule has 6 heteroatoms. The molecule has 1 atom stereocenters. The van der Waals surface area contributed by atoms with Crippen molar-refractivity contribution in [2.45, 2.75) is 38.2 Å². The third-order valence-electron chi connectivity index (χ3n) is 5.46. The fourth-order valence-corrected chi connectivity index (χ4v) is 4.07. The minimum atomic E-state index is -0.349. The molecule has 2 fully saturated rings. The summed E-state index contributed by atoms with van der Waals surface area (Å²) in [4.78, 5) is 23.7. The van der Waals surface area contributed by atoms with Gasteiger partial charge in [-0.1, -0.05) is 31.4 Å². The molecule has 0 radical (unpaired) electrons. The Kier molecular flexibility index (Phi) is 5.43. The number of carbonyl (C=O) groups excluding carboxylic acids is 1. The number of ether oxygens (including phenoxy) is 1. The number of nitrogens with zero attached hydrogens (tertiary/aromatic N) is 3. The van der Waals surface area contributed by atoms with Crippen molar-refractivity contribution in [2.75, 3.05) is 19.7 Å². The number of hydrogen-bond acceptors (Lipinski definition) is 4. The van der Waals surface area contributed by atoms with Crippen LogP contribution in [-0.2, 0) is 9.53 Å². The molecule has 1 amide bonds. The van der Waals surface area contributed by atoms with Crippen LogP contribution in [0.3, 0.4) is 0 Å². The lowest BCUT2D eigenvalue weighted by Crippen LogP contribution is -2.45. The predicted molar refractivity (Wildman–Crippen MR) is 99.3 cm³/mol. The Bertz CT molecular complexity index is 808. The summed E-state index contributed by atoms with van der Waals surface area (Å²) in [6, 6.07) is 6.32. The zero-order valence-electron chi connectivity index (χ0n) is 15.3. The van der Waals surface area contributed by atoms with Crippen LogP contribution < -0.4 is 0 Å². The van der Waals surface area contributed by atoms with Crippen LogP contribution in [0.25, 0.3) is 11.3 Å². The van der Waals surface area contributed by atoms with Crippen molar-refractivity contribution < 1.29 is 13.9 Å². The van der Waals surface area contributed by atoms with E-state index in [0.29, 0.717) is 36.6 Å². The predicted octanol–water partition coefficient (Wildman–Crippen LogP) is 3.76. The van der Waals surface area contributed by atoms with Crippen molar-refractivity contribution in [2.24, 2.45) is 5.92 Å². The average Bonchev–Trinajstić information content (AvgIpc) is 2.74. The number of morpholine rings is 1. The van der Waals surface area contributed by atoms with Gasteiger partial charge in [0.2, 0.25) is 5.91 Å². The van der Waals surface area contributed by atoms with E-state index in [1.807, 2.05) is 11.0 Å². The standard InChI is InChI=1S/C21H24FN3O2/c22-17-8-4-7-16(13-17)19-20(24-10-9-23-19)18-14-25(11-12-27-18)21(26)15-5-2-1-3-6-15/h4,7-10,13,15,18H,1-3,5-6,11-12,14H2/t18-/m1/s1. The summed E-state index contributed by atoms with van der Waals surface area (Å²) in [5, 5.41) is 0. The topological polar surface area (TPSA) is 55.3 Å². The van der Waals surface area contributed by atoms with Crippen LogP contribution in [0.4, 0.5) is 4.39 Å². The number of amides is 1. The van der Waals surface area contributed by atoms with Crippen molar-refractivity contribution in [1.29, 1.82) is 0 Å². The third-order valence-corrected chi connectivity index (χ3v) is 5.46. The maximum absolute atomic E-state index is 13.7. The third kappa shape index (κ3) is 4.00. The maximum Gasteiger partial charge on any atom is 0.225 e. The number of rotatable bonds is 3. The van der Waals surface area contributed by atoms with Crippen molar-refractivity contribution in [3.8, 4) is 11.3 Å². The van der Waals surface area contributed by atoms with Gasteiger partial charge in [0, 0.05) is 30.4 Å². The van der Waals surface area contributed by atoms with Crippen LogP contribution in [-0.4, -0.2) is 40.5 Å². The second-order valence-corrected chi connectivity index (χ2v) is 7.28. The molecule has 1 saturated heterocycles. The molecule has 4 rings (SSSR count). The molecule has 1 aliphatic heterocycles. The lowest BCUT2D eigenvalue weighted by atomic mass is 9.88. The van der Waals surface area contributed by atoms with E-state index in [9.17, 15) is 9.18 Å². The normalized spacial score (nSPS) is 21.2. The highest BCUT2D eigenvalue weighted by molar-refractivity contribution is 5.79. The van der Waals surface area contributed by atoms with Crippen LogP contribution in [0.1, 0.15) is 43.9 Å². The van der Waals surface area contributed by atoms with Crippen LogP contribution in [0.5, 0.6) is 0 Å². The molecule has 0 spiro atoms. The van der Waals surface area contributed by atoms with E-state index < -0.39 is 0 Å². The van der Waals surface area contributed by atoms with Gasteiger partial charge in [0.1, 0.15) is 11.9 Å². The highest BCUT2D eigenvalue weighted by Gasteiger charge is 2.32. The molecule has 1 aromatic heterocycles. The Hall–Kier alpha value is -2.34. The SMILES string of the molecule is O=C(C1CCCCC1)N1CCO[C@@H](c2nccnc2-c2cccc(F)c2)C1. The van der Waals surface area contributed by atoms with E-state index >= 15 is 0 Å². The van der Waals surface area contributed by atoms with Gasteiger partial charge >= 0.3 is 0 Å². The van der Waals surface area contributed by atoms with E-state index in [1.165, 1.54) is 18.6 Å². The Morgan fingerprint density at radius 1 is 1.15 bits per heavy atom. The molecule has 27 heavy (non-hydrogen) atoms. The largest absolute Gasteiger partial charge is 0.368 e. The van der Waals surface area contributed by atoms with Gasteiger partial charge in [-0.3, -0.25) is 14.8 Å². The van der Waals surface area contributed by atoms with E-state index in [4.69, 9.17) is 4.74 Å². The van der Waals surface area contributed by atoms with Gasteiger partial charge in [-0.05, 0) is 25.0 Å². The first-order valence-electron chi connectivity index (χ1n) is 9.69. The molecule has 2 aliphatic rings. The van der Waals surface area contributed by atoms with Crippen molar-refractivity contribution in [3.05, 3.63) is 48.2 Å². The van der Waals surface area contributed by atoms with Gasteiger partial charge in [0.15, 0.2) is 0 Å². The molecule has 1 aliphatic carbocycles. The maximum atomic E-state index is 13.7. The molecule has 142 valence electrons. The fraction of sp³-hybridized carbons (Fsp3) is 0.476. The van der Waals surface area contributed by atoms with Gasteiger partial charge in [0.25, 0.3) is 0 Å². The average molecular weight is 369 g/mol. The quantitative estimate of drug-likeness (QED) is 0.827. The van der Waals surface area contributed by atoms with Crippen LogP contribution >= 0.6 is 0 Å². The Balaban J connectivity index is 1.56. The van der Waals surface area contributed by atoms with Crippen LogP contribution in [0.2, 0.25) is 0 Å². The van der Waals surface area contributed by atoms with E-state index in [0.717, 1.165) is 25.7 Å². The Morgan fingerprint density at radius 3 is 2.78 bits per heavy atom. The molecule has 0 unspecified atom stereocenters. The van der Waals surface area contributed by atoms with Crippen molar-refractivity contribution >= 4 is 5.91 Å². The van der Waals surface area contributed by atoms with E-state index in [-0.39, 0.29) is 23.7 Å². The lowest BCUT2D eigenvalue weighted by Gasteiger charge is -2.36. The number of halogens is 1. The lowest BCUT2D eigenvalue weighted by molar-refractivity contribution is -0.144. The fourth-order valence-electron chi connectivity index (χ4n) is 4.07. The zero-order chi connectivity index (χ0) is 18.6. The molecule has 1 saturated carbocycles. The summed E-state index contributed by atoms with van der Waals surface area (Å²) < 4.78 is 19.6. The van der Waals surface area contributed by atoms with Crippen molar-refractivity contribution in [1.82, 2.24) is 14.9 Å². The first-order chi connectivity index (χ1) is 13.2. The van der Waals surface area contributed by atoms with Gasteiger partial charge in [-0.15, -0.1) is 0 Å². The van der Waals surface area contributed by atoms with Gasteiger partial charge in [-0.2, -0.15) is 0 Å². The summed E-state index contributed by atoms with van der Waals surface area (Å²) in [5.41, 5.74) is 1.93. The number of hydrogen-bond donors (Lipinski definition) is 0. The molecular formula is C21H24FN3O2. The smallest absolute Gasteiger partial charge is 0.225 e. The molecule has 0 bridgehead atoms.